The van der Waals surface area contributed by atoms with Gasteiger partial charge in [-0.25, -0.2) is 0 Å². The molecule has 0 heteroatoms. The molecule has 84 valence electrons. The normalized spacial score (nSPS) is 43.0. The molecule has 0 bridgehead atoms. The van der Waals surface area contributed by atoms with Crippen molar-refractivity contribution in [3.63, 3.8) is 0 Å². The van der Waals surface area contributed by atoms with Crippen LogP contribution in [0.1, 0.15) is 65.7 Å². The molecule has 15 heavy (non-hydrogen) atoms. The molecule has 0 aromatic carbocycles. The first-order chi connectivity index (χ1) is 7.04. The van der Waals surface area contributed by atoms with Crippen LogP contribution in [0.5, 0.6) is 0 Å². The van der Waals surface area contributed by atoms with Crippen LogP contribution in [0.2, 0.25) is 0 Å². The van der Waals surface area contributed by atoms with Gasteiger partial charge in [-0.3, -0.25) is 0 Å². The lowest BCUT2D eigenvalue weighted by atomic mass is 9.47. The molecule has 0 amide bonds. The van der Waals surface area contributed by atoms with E-state index in [0.717, 1.165) is 5.92 Å². The van der Waals surface area contributed by atoms with E-state index in [1.165, 1.54) is 44.9 Å². The van der Waals surface area contributed by atoms with Gasteiger partial charge in [0.1, 0.15) is 0 Å². The predicted molar refractivity (Wildman–Crippen MR) is 64.7 cm³/mol. The van der Waals surface area contributed by atoms with Gasteiger partial charge >= 0.3 is 0 Å². The van der Waals surface area contributed by atoms with Crippen LogP contribution in [0.25, 0.3) is 0 Å². The highest BCUT2D eigenvalue weighted by atomic mass is 14.6. The Morgan fingerprint density at radius 3 is 2.47 bits per heavy atom. The van der Waals surface area contributed by atoms with Gasteiger partial charge in [0.2, 0.25) is 0 Å². The number of fused-ring (bicyclic) bond motifs is 2. The summed E-state index contributed by atoms with van der Waals surface area (Å²) < 4.78 is 0. The Morgan fingerprint density at radius 1 is 1.00 bits per heavy atom. The van der Waals surface area contributed by atoms with Gasteiger partial charge in [-0.05, 0) is 55.3 Å². The van der Waals surface area contributed by atoms with Crippen molar-refractivity contribution in [2.24, 2.45) is 16.7 Å². The number of hydrogen-bond acceptors (Lipinski definition) is 0. The van der Waals surface area contributed by atoms with Crippen molar-refractivity contribution in [3.8, 4) is 0 Å². The summed E-state index contributed by atoms with van der Waals surface area (Å²) >= 11 is 0. The maximum atomic E-state index is 2.58. The van der Waals surface area contributed by atoms with E-state index in [1.54, 1.807) is 0 Å². The van der Waals surface area contributed by atoms with Crippen molar-refractivity contribution in [2.45, 2.75) is 65.7 Å². The van der Waals surface area contributed by atoms with Crippen molar-refractivity contribution in [2.75, 3.05) is 0 Å². The summed E-state index contributed by atoms with van der Waals surface area (Å²) in [5.41, 5.74) is 4.95. The summed E-state index contributed by atoms with van der Waals surface area (Å²) in [6.45, 7) is 7.60. The van der Waals surface area contributed by atoms with Gasteiger partial charge < -0.3 is 0 Å². The van der Waals surface area contributed by atoms with E-state index >= 15 is 0 Å². The Balaban J connectivity index is 2.02. The van der Waals surface area contributed by atoms with Gasteiger partial charge in [0.25, 0.3) is 0 Å². The zero-order valence-electron chi connectivity index (χ0n) is 10.5. The minimum Gasteiger partial charge on any atom is -0.0701 e. The molecular weight excluding hydrogens is 180 g/mol. The van der Waals surface area contributed by atoms with Crippen LogP contribution in [0.4, 0.5) is 0 Å². The average Bonchev–Trinajstić information content (AvgIpc) is 2.05. The second kappa shape index (κ2) is 2.90. The summed E-state index contributed by atoms with van der Waals surface area (Å²) in [6.07, 6.45) is 10.1. The molecule has 0 spiro atoms. The topological polar surface area (TPSA) is 0 Å². The maximum Gasteiger partial charge on any atom is -0.00801 e. The van der Waals surface area contributed by atoms with E-state index in [4.69, 9.17) is 0 Å². The Hall–Kier alpha value is -0.260. The molecule has 0 nitrogen and oxygen atoms in total. The van der Waals surface area contributed by atoms with Crippen molar-refractivity contribution in [1.29, 1.82) is 0 Å². The lowest BCUT2D eigenvalue weighted by Crippen LogP contribution is -2.47. The van der Waals surface area contributed by atoms with E-state index in [1.807, 2.05) is 11.1 Å². The van der Waals surface area contributed by atoms with Gasteiger partial charge in [0.15, 0.2) is 0 Å². The molecule has 0 aliphatic heterocycles. The predicted octanol–water partition coefficient (Wildman–Crippen LogP) is 4.70. The SMILES string of the molecule is CC1(C)CCCC2(C)C3=C(CC3)CCC12. The highest BCUT2D eigenvalue weighted by Crippen LogP contribution is 2.63. The van der Waals surface area contributed by atoms with Gasteiger partial charge in [-0.2, -0.15) is 0 Å². The standard InChI is InChI=1S/C15H24/c1-14(2)9-4-10-15(3)12-7-5-11(12)6-8-13(14)15/h13H,4-10H2,1-3H3. The molecule has 0 heterocycles. The zero-order chi connectivity index (χ0) is 10.7. The summed E-state index contributed by atoms with van der Waals surface area (Å²) in [6, 6.07) is 0. The Kier molecular flexibility index (Phi) is 1.92. The molecule has 0 saturated heterocycles. The van der Waals surface area contributed by atoms with E-state index in [9.17, 15) is 0 Å². The summed E-state index contributed by atoms with van der Waals surface area (Å²) in [4.78, 5) is 0. The summed E-state index contributed by atoms with van der Waals surface area (Å²) in [5.74, 6) is 0.970. The first kappa shape index (κ1) is 9.93. The van der Waals surface area contributed by atoms with E-state index in [0.29, 0.717) is 10.8 Å². The van der Waals surface area contributed by atoms with Crippen molar-refractivity contribution < 1.29 is 0 Å². The van der Waals surface area contributed by atoms with E-state index < -0.39 is 0 Å². The van der Waals surface area contributed by atoms with Crippen LogP contribution >= 0.6 is 0 Å². The average molecular weight is 204 g/mol. The third-order valence-corrected chi connectivity index (χ3v) is 5.76. The Bertz CT molecular complexity index is 321. The monoisotopic (exact) mass is 204 g/mol. The molecule has 2 unspecified atom stereocenters. The number of allylic oxidation sites excluding steroid dienone is 2. The molecule has 3 rings (SSSR count). The third-order valence-electron chi connectivity index (χ3n) is 5.76. The fraction of sp³-hybridized carbons (Fsp3) is 0.867. The minimum atomic E-state index is 0.598. The third kappa shape index (κ3) is 1.20. The lowest BCUT2D eigenvalue weighted by Gasteiger charge is -2.57. The largest absolute Gasteiger partial charge is 0.0701 e. The van der Waals surface area contributed by atoms with Crippen LogP contribution in [-0.2, 0) is 0 Å². The van der Waals surface area contributed by atoms with Crippen molar-refractivity contribution in [1.82, 2.24) is 0 Å². The quantitative estimate of drug-likeness (QED) is 0.502. The molecule has 1 saturated carbocycles. The highest BCUT2D eigenvalue weighted by Gasteiger charge is 2.51. The second-order valence-electron chi connectivity index (χ2n) is 6.93. The number of rotatable bonds is 0. The van der Waals surface area contributed by atoms with Crippen LogP contribution in [0, 0.1) is 16.7 Å². The smallest absolute Gasteiger partial charge is 0.00801 e. The van der Waals surface area contributed by atoms with Gasteiger partial charge in [-0.1, -0.05) is 38.3 Å². The molecule has 0 aromatic heterocycles. The fourth-order valence-electron chi connectivity index (χ4n) is 4.90. The van der Waals surface area contributed by atoms with Gasteiger partial charge in [-0.15, -0.1) is 0 Å². The fourth-order valence-corrected chi connectivity index (χ4v) is 4.90. The van der Waals surface area contributed by atoms with Crippen LogP contribution in [-0.4, -0.2) is 0 Å². The lowest BCUT2D eigenvalue weighted by molar-refractivity contribution is 0.00477. The first-order valence-electron chi connectivity index (χ1n) is 6.75. The zero-order valence-corrected chi connectivity index (χ0v) is 10.5. The maximum absolute atomic E-state index is 2.58. The van der Waals surface area contributed by atoms with Crippen molar-refractivity contribution >= 4 is 0 Å². The van der Waals surface area contributed by atoms with E-state index in [2.05, 4.69) is 20.8 Å². The number of hydrogen-bond donors (Lipinski definition) is 0. The minimum absolute atomic E-state index is 0.598. The van der Waals surface area contributed by atoms with Gasteiger partial charge in [0, 0.05) is 0 Å². The van der Waals surface area contributed by atoms with Crippen LogP contribution in [0.15, 0.2) is 11.1 Å². The molecule has 3 aliphatic carbocycles. The molecule has 2 atom stereocenters. The first-order valence-corrected chi connectivity index (χ1v) is 6.75. The highest BCUT2D eigenvalue weighted by molar-refractivity contribution is 5.35. The molecule has 1 fully saturated rings. The molecular formula is C15H24. The molecule has 0 N–H and O–H groups in total. The van der Waals surface area contributed by atoms with Gasteiger partial charge in [0.05, 0.1) is 0 Å². The summed E-state index contributed by atoms with van der Waals surface area (Å²) in [5, 5.41) is 0. The van der Waals surface area contributed by atoms with Crippen molar-refractivity contribution in [3.05, 3.63) is 11.1 Å². The molecule has 0 aromatic rings. The summed E-state index contributed by atoms with van der Waals surface area (Å²) in [7, 11) is 0. The molecule has 0 radical (unpaired) electrons. The van der Waals surface area contributed by atoms with E-state index in [-0.39, 0.29) is 0 Å². The Labute approximate surface area is 94.1 Å². The second-order valence-corrected chi connectivity index (χ2v) is 6.93. The molecule has 3 aliphatic rings. The van der Waals surface area contributed by atoms with Crippen LogP contribution < -0.4 is 0 Å². The van der Waals surface area contributed by atoms with Crippen LogP contribution in [0.3, 0.4) is 0 Å². The Morgan fingerprint density at radius 2 is 1.80 bits per heavy atom.